The number of urea groups is 1. The van der Waals surface area contributed by atoms with Crippen molar-refractivity contribution in [1.82, 2.24) is 10.2 Å². The Balaban J connectivity index is 1.68. The Morgan fingerprint density at radius 1 is 1.23 bits per heavy atom. The zero-order valence-corrected chi connectivity index (χ0v) is 18.1. The van der Waals surface area contributed by atoms with Crippen LogP contribution < -0.4 is 11.1 Å². The van der Waals surface area contributed by atoms with Crippen LogP contribution >= 0.6 is 23.5 Å². The van der Waals surface area contributed by atoms with Crippen molar-refractivity contribution >= 4 is 29.5 Å². The zero-order valence-electron chi connectivity index (χ0n) is 15.5. The lowest BCUT2D eigenvalue weighted by molar-refractivity contribution is -0.186. The van der Waals surface area contributed by atoms with Gasteiger partial charge in [-0.3, -0.25) is 9.42 Å². The molecule has 0 aromatic rings. The van der Waals surface area contributed by atoms with E-state index < -0.39 is 60.1 Å². The van der Waals surface area contributed by atoms with Crippen LogP contribution in [0, 0.1) is 0 Å². The van der Waals surface area contributed by atoms with Gasteiger partial charge >= 0.3 is 29.5 Å². The summed E-state index contributed by atoms with van der Waals surface area (Å²) in [6.45, 7) is -0.861. The molecule has 0 saturated carbocycles. The van der Waals surface area contributed by atoms with E-state index >= 15 is 0 Å². The number of amides is 2. The Morgan fingerprint density at radius 3 is 2.61 bits per heavy atom. The molecule has 0 aliphatic carbocycles. The summed E-state index contributed by atoms with van der Waals surface area (Å²) in [7, 11) is -16.6. The SMILES string of the molecule is N[C@H]1[C@H]2OC[C@]1(COP(=O)(O)OP(=O)(O)OP(=O)(O)O)O[C@H]2N1/C=C\COCNC1=O. The molecule has 2 saturated heterocycles. The normalized spacial score (nSPS) is 36.2. The first-order chi connectivity index (χ1) is 14.2. The number of carbonyl (C=O) groups excluding carboxylic acids is 1. The molecular formula is C11H20N3O14P3. The second-order valence-electron chi connectivity index (χ2n) is 6.53. The van der Waals surface area contributed by atoms with Gasteiger partial charge in [0.15, 0.2) is 6.23 Å². The van der Waals surface area contributed by atoms with Gasteiger partial charge < -0.3 is 44.8 Å². The van der Waals surface area contributed by atoms with Crippen LogP contribution in [-0.2, 0) is 41.1 Å². The number of hydrogen-bond acceptors (Lipinski definition) is 11. The molecule has 0 spiro atoms. The van der Waals surface area contributed by atoms with Crippen LogP contribution in [0.1, 0.15) is 0 Å². The molecule has 0 aromatic heterocycles. The van der Waals surface area contributed by atoms with E-state index in [-0.39, 0.29) is 19.9 Å². The predicted octanol–water partition coefficient (Wildman–Crippen LogP) is -1.34. The molecule has 2 amide bonds. The number of nitrogens with zero attached hydrogens (tertiary/aromatic N) is 1. The molecule has 2 fully saturated rings. The van der Waals surface area contributed by atoms with Crippen LogP contribution in [-0.4, -0.2) is 81.0 Å². The summed E-state index contributed by atoms with van der Waals surface area (Å²) in [6.07, 6.45) is 1.03. The van der Waals surface area contributed by atoms with Crippen LogP contribution in [0.15, 0.2) is 12.3 Å². The third-order valence-electron chi connectivity index (χ3n) is 4.32. The zero-order chi connectivity index (χ0) is 23.1. The number of fused-ring (bicyclic) bond motifs is 2. The summed E-state index contributed by atoms with van der Waals surface area (Å²) in [6, 6.07) is -1.54. The highest BCUT2D eigenvalue weighted by molar-refractivity contribution is 7.66. The third-order valence-corrected chi connectivity index (χ3v) is 8.10. The van der Waals surface area contributed by atoms with E-state index in [0.29, 0.717) is 0 Å². The first-order valence-electron chi connectivity index (χ1n) is 8.38. The number of nitrogens with one attached hydrogen (secondary N) is 1. The van der Waals surface area contributed by atoms with Crippen molar-refractivity contribution in [3.63, 3.8) is 0 Å². The maximum atomic E-state index is 12.3. The standard InChI is InChI=1S/C11H20N3O14P3/c12-8-7-9(14-2-1-3-23-6-13-10(14)15)26-11(8,4-24-7)5-25-30(19,20)28-31(21,22)27-29(16,17)18/h1-2,7-9H,3-6,12H2,(H,13,15)(H,19,20)(H,21,22)(H2,16,17,18)/b2-1-/t7-,8+,9-,11-/m1/s1. The van der Waals surface area contributed by atoms with Gasteiger partial charge in [-0.1, -0.05) is 0 Å². The van der Waals surface area contributed by atoms with Crippen LogP contribution in [0.4, 0.5) is 4.79 Å². The van der Waals surface area contributed by atoms with E-state index in [1.54, 1.807) is 6.08 Å². The average Bonchev–Trinajstić information content (AvgIpc) is 3.04. The third kappa shape index (κ3) is 5.99. The van der Waals surface area contributed by atoms with E-state index in [2.05, 4.69) is 18.5 Å². The van der Waals surface area contributed by atoms with E-state index in [4.69, 9.17) is 29.7 Å². The summed E-state index contributed by atoms with van der Waals surface area (Å²) in [5.41, 5.74) is 4.54. The van der Waals surface area contributed by atoms with Gasteiger partial charge in [0.2, 0.25) is 0 Å². The van der Waals surface area contributed by atoms with Crippen LogP contribution in [0.5, 0.6) is 0 Å². The second-order valence-corrected chi connectivity index (χ2v) is 10.9. The minimum atomic E-state index is -5.67. The van der Waals surface area contributed by atoms with E-state index in [0.717, 1.165) is 4.90 Å². The first kappa shape index (κ1) is 24.9. The van der Waals surface area contributed by atoms with Crippen molar-refractivity contribution in [2.45, 2.75) is 24.0 Å². The lowest BCUT2D eigenvalue weighted by atomic mass is 9.98. The lowest BCUT2D eigenvalue weighted by Crippen LogP contribution is -2.52. The number of phosphoric acid groups is 3. The van der Waals surface area contributed by atoms with Gasteiger partial charge in [0.05, 0.1) is 25.9 Å². The monoisotopic (exact) mass is 511 g/mol. The van der Waals surface area contributed by atoms with Crippen LogP contribution in [0.25, 0.3) is 0 Å². The molecule has 6 atom stereocenters. The number of ether oxygens (including phenoxy) is 3. The first-order valence-corrected chi connectivity index (χ1v) is 12.9. The van der Waals surface area contributed by atoms with Gasteiger partial charge in [0, 0.05) is 6.20 Å². The van der Waals surface area contributed by atoms with Gasteiger partial charge in [0.25, 0.3) is 0 Å². The smallest absolute Gasteiger partial charge is 0.369 e. The molecule has 178 valence electrons. The van der Waals surface area contributed by atoms with E-state index in [9.17, 15) is 28.3 Å². The Kier molecular flexibility index (Phi) is 7.14. The van der Waals surface area contributed by atoms with Crippen LogP contribution in [0.2, 0.25) is 0 Å². The van der Waals surface area contributed by atoms with Crippen molar-refractivity contribution in [3.8, 4) is 0 Å². The quantitative estimate of drug-likeness (QED) is 0.207. The molecule has 0 radical (unpaired) electrons. The van der Waals surface area contributed by atoms with Gasteiger partial charge in [-0.15, -0.1) is 0 Å². The van der Waals surface area contributed by atoms with Crippen LogP contribution in [0.3, 0.4) is 0 Å². The molecule has 7 N–H and O–H groups in total. The fourth-order valence-electron chi connectivity index (χ4n) is 3.05. The second kappa shape index (κ2) is 8.89. The molecule has 20 heteroatoms. The van der Waals surface area contributed by atoms with Gasteiger partial charge in [0.1, 0.15) is 18.4 Å². The van der Waals surface area contributed by atoms with Gasteiger partial charge in [-0.05, 0) is 6.08 Å². The maximum Gasteiger partial charge on any atom is 0.490 e. The molecule has 31 heavy (non-hydrogen) atoms. The van der Waals surface area contributed by atoms with Crippen molar-refractivity contribution < 1.29 is 65.4 Å². The van der Waals surface area contributed by atoms with E-state index in [1.807, 2.05) is 0 Å². The minimum absolute atomic E-state index is 0.0544. The summed E-state index contributed by atoms with van der Waals surface area (Å²) in [5.74, 6) is 0. The number of phosphoric ester groups is 1. The lowest BCUT2D eigenvalue weighted by Gasteiger charge is -2.35. The molecule has 3 aliphatic rings. The van der Waals surface area contributed by atoms with Crippen molar-refractivity contribution in [2.75, 3.05) is 26.6 Å². The maximum absolute atomic E-state index is 12.3. The summed E-state index contributed by atoms with van der Waals surface area (Å²) >= 11 is 0. The fourth-order valence-corrected chi connectivity index (χ4v) is 6.13. The predicted molar refractivity (Wildman–Crippen MR) is 95.5 cm³/mol. The van der Waals surface area contributed by atoms with Gasteiger partial charge in [-0.25, -0.2) is 18.5 Å². The Labute approximate surface area is 174 Å². The number of rotatable bonds is 8. The largest absolute Gasteiger partial charge is 0.490 e. The number of hydrogen-bond donors (Lipinski definition) is 6. The molecular weight excluding hydrogens is 491 g/mol. The molecule has 0 aromatic carbocycles. The molecule has 3 aliphatic heterocycles. The molecule has 2 bridgehead atoms. The Bertz CT molecular complexity index is 879. The molecule has 3 heterocycles. The van der Waals surface area contributed by atoms with Crippen molar-refractivity contribution in [1.29, 1.82) is 0 Å². The molecule has 2 unspecified atom stereocenters. The minimum Gasteiger partial charge on any atom is -0.369 e. The molecule has 17 nitrogen and oxygen atoms in total. The summed E-state index contributed by atoms with van der Waals surface area (Å²) < 4.78 is 62.4. The highest BCUT2D eigenvalue weighted by atomic mass is 31.3. The van der Waals surface area contributed by atoms with Crippen molar-refractivity contribution in [3.05, 3.63) is 12.3 Å². The fraction of sp³-hybridized carbons (Fsp3) is 0.727. The summed E-state index contributed by atoms with van der Waals surface area (Å²) in [5, 5.41) is 2.46. The average molecular weight is 511 g/mol. The summed E-state index contributed by atoms with van der Waals surface area (Å²) in [4.78, 5) is 49.4. The Hall–Kier alpha value is -0.740. The Morgan fingerprint density at radius 2 is 1.94 bits per heavy atom. The van der Waals surface area contributed by atoms with Crippen molar-refractivity contribution in [2.24, 2.45) is 5.73 Å². The molecule has 3 rings (SSSR count). The number of carbonyl (C=O) groups is 1. The highest BCUT2D eigenvalue weighted by Crippen LogP contribution is 2.66. The highest BCUT2D eigenvalue weighted by Gasteiger charge is 2.62. The number of nitrogens with two attached hydrogens (primary N) is 1. The topological polar surface area (TPSA) is 246 Å². The van der Waals surface area contributed by atoms with Gasteiger partial charge in [-0.2, -0.15) is 8.62 Å². The van der Waals surface area contributed by atoms with E-state index in [1.165, 1.54) is 6.20 Å².